The van der Waals surface area contributed by atoms with Gasteiger partial charge >= 0.3 is 0 Å². The summed E-state index contributed by atoms with van der Waals surface area (Å²) in [6, 6.07) is 11.2. The highest BCUT2D eigenvalue weighted by atomic mass is 79.9. The first-order chi connectivity index (χ1) is 9.51. The topological polar surface area (TPSA) is 12.0 Å². The van der Waals surface area contributed by atoms with Gasteiger partial charge in [0.1, 0.15) is 5.82 Å². The second-order valence-electron chi connectivity index (χ2n) is 4.81. The average Bonchev–Trinajstić information content (AvgIpc) is 2.41. The quantitative estimate of drug-likeness (QED) is 0.808. The third-order valence-electron chi connectivity index (χ3n) is 3.33. The Morgan fingerprint density at radius 3 is 2.60 bits per heavy atom. The van der Waals surface area contributed by atoms with Crippen LogP contribution in [0.15, 0.2) is 40.9 Å². The Morgan fingerprint density at radius 1 is 1.25 bits per heavy atom. The lowest BCUT2D eigenvalue weighted by Gasteiger charge is -2.18. The lowest BCUT2D eigenvalue weighted by molar-refractivity contribution is 0.575. The largest absolute Gasteiger partial charge is 0.313 e. The molecule has 0 bridgehead atoms. The zero-order valence-corrected chi connectivity index (χ0v) is 13.7. The van der Waals surface area contributed by atoms with E-state index in [1.54, 1.807) is 12.1 Å². The van der Waals surface area contributed by atoms with Gasteiger partial charge in [-0.2, -0.15) is 0 Å². The van der Waals surface area contributed by atoms with Gasteiger partial charge < -0.3 is 5.32 Å². The minimum absolute atomic E-state index is 0.0257. The zero-order valence-electron chi connectivity index (χ0n) is 11.4. The third-order valence-corrected chi connectivity index (χ3v) is 4.32. The van der Waals surface area contributed by atoms with Crippen LogP contribution in [0.25, 0.3) is 0 Å². The summed E-state index contributed by atoms with van der Waals surface area (Å²) in [7, 11) is 1.87. The van der Waals surface area contributed by atoms with Gasteiger partial charge in [-0.1, -0.05) is 29.8 Å². The summed E-state index contributed by atoms with van der Waals surface area (Å²) in [4.78, 5) is 0. The highest BCUT2D eigenvalue weighted by molar-refractivity contribution is 9.10. The van der Waals surface area contributed by atoms with Gasteiger partial charge in [0.25, 0.3) is 0 Å². The summed E-state index contributed by atoms with van der Waals surface area (Å²) in [5.74, 6) is -0.252. The molecule has 0 radical (unpaired) electrons. The third kappa shape index (κ3) is 3.60. The molecule has 4 heteroatoms. The maximum Gasteiger partial charge on any atom is 0.137 e. The van der Waals surface area contributed by atoms with Gasteiger partial charge in [-0.25, -0.2) is 4.39 Å². The van der Waals surface area contributed by atoms with Crippen LogP contribution < -0.4 is 5.32 Å². The Morgan fingerprint density at radius 2 is 2.00 bits per heavy atom. The van der Waals surface area contributed by atoms with Crippen LogP contribution >= 0.6 is 27.5 Å². The molecule has 0 aromatic heterocycles. The van der Waals surface area contributed by atoms with Crippen LogP contribution in [-0.2, 0) is 6.42 Å². The fourth-order valence-electron chi connectivity index (χ4n) is 2.15. The molecule has 2 rings (SSSR count). The van der Waals surface area contributed by atoms with Crippen LogP contribution in [0.2, 0.25) is 5.02 Å². The first kappa shape index (κ1) is 15.5. The average molecular weight is 357 g/mol. The summed E-state index contributed by atoms with van der Waals surface area (Å²) in [6.07, 6.45) is 0.719. The summed E-state index contributed by atoms with van der Waals surface area (Å²) >= 11 is 9.44. The molecular formula is C16H16BrClFN. The standard InChI is InChI=1S/C16H16BrClFN/c1-10-3-4-11(14(18)7-10)9-16(20-2)12-5-6-13(17)15(19)8-12/h3-8,16,20H,9H2,1-2H3. The number of rotatable bonds is 4. The number of hydrogen-bond acceptors (Lipinski definition) is 1. The van der Waals surface area contributed by atoms with Gasteiger partial charge in [0.05, 0.1) is 4.47 Å². The van der Waals surface area contributed by atoms with Crippen LogP contribution in [0.5, 0.6) is 0 Å². The van der Waals surface area contributed by atoms with Gasteiger partial charge in [0.2, 0.25) is 0 Å². The van der Waals surface area contributed by atoms with Gasteiger partial charge in [-0.05, 0) is 71.2 Å². The maximum absolute atomic E-state index is 13.6. The van der Waals surface area contributed by atoms with Crippen molar-refractivity contribution in [2.24, 2.45) is 0 Å². The Bertz CT molecular complexity index is 615. The Labute approximate surface area is 132 Å². The van der Waals surface area contributed by atoms with Crippen LogP contribution in [0.4, 0.5) is 4.39 Å². The fourth-order valence-corrected chi connectivity index (χ4v) is 2.71. The molecule has 2 aromatic rings. The van der Waals surface area contributed by atoms with Crippen molar-refractivity contribution in [1.82, 2.24) is 5.32 Å². The number of likely N-dealkylation sites (N-methyl/N-ethyl adjacent to an activating group) is 1. The highest BCUT2D eigenvalue weighted by Crippen LogP contribution is 2.26. The first-order valence-corrected chi connectivity index (χ1v) is 7.55. The van der Waals surface area contributed by atoms with E-state index in [1.165, 1.54) is 0 Å². The summed E-state index contributed by atoms with van der Waals surface area (Å²) in [5.41, 5.74) is 3.10. The van der Waals surface area contributed by atoms with Gasteiger partial charge in [0, 0.05) is 11.1 Å². The molecule has 0 aliphatic rings. The molecule has 1 N–H and O–H groups in total. The molecule has 2 aromatic carbocycles. The molecule has 1 atom stereocenters. The molecule has 0 saturated carbocycles. The van der Waals surface area contributed by atoms with Crippen molar-refractivity contribution in [3.05, 3.63) is 68.4 Å². The highest BCUT2D eigenvalue weighted by Gasteiger charge is 2.14. The lowest BCUT2D eigenvalue weighted by Crippen LogP contribution is -2.19. The Kier molecular flexibility index (Phi) is 5.19. The van der Waals surface area contributed by atoms with Crippen molar-refractivity contribution < 1.29 is 4.39 Å². The van der Waals surface area contributed by atoms with E-state index in [-0.39, 0.29) is 11.9 Å². The molecule has 0 fully saturated rings. The Balaban J connectivity index is 2.26. The predicted octanol–water partition coefficient (Wildman–Crippen LogP) is 5.05. The number of nitrogens with one attached hydrogen (secondary N) is 1. The second kappa shape index (κ2) is 6.70. The van der Waals surface area contributed by atoms with E-state index < -0.39 is 0 Å². The molecule has 1 unspecified atom stereocenters. The fraction of sp³-hybridized carbons (Fsp3) is 0.250. The maximum atomic E-state index is 13.6. The van der Waals surface area contributed by atoms with E-state index in [1.807, 2.05) is 38.2 Å². The Hall–Kier alpha value is -0.900. The summed E-state index contributed by atoms with van der Waals surface area (Å²) in [5, 5.41) is 3.97. The smallest absolute Gasteiger partial charge is 0.137 e. The number of aryl methyl sites for hydroxylation is 1. The molecule has 0 aliphatic heterocycles. The van der Waals surface area contributed by atoms with Crippen molar-refractivity contribution in [3.8, 4) is 0 Å². The van der Waals surface area contributed by atoms with Crippen molar-refractivity contribution in [3.63, 3.8) is 0 Å². The minimum atomic E-state index is -0.252. The van der Waals surface area contributed by atoms with E-state index in [9.17, 15) is 4.39 Å². The molecule has 0 aliphatic carbocycles. The van der Waals surface area contributed by atoms with Gasteiger partial charge in [-0.15, -0.1) is 0 Å². The van der Waals surface area contributed by atoms with Gasteiger partial charge in [0.15, 0.2) is 0 Å². The van der Waals surface area contributed by atoms with Crippen LogP contribution in [0.3, 0.4) is 0 Å². The SMILES string of the molecule is CNC(Cc1ccc(C)cc1Cl)c1ccc(Br)c(F)c1. The van der Waals surface area contributed by atoms with Crippen molar-refractivity contribution in [2.45, 2.75) is 19.4 Å². The second-order valence-corrected chi connectivity index (χ2v) is 6.08. The summed E-state index contributed by atoms with van der Waals surface area (Å²) < 4.78 is 14.1. The minimum Gasteiger partial charge on any atom is -0.313 e. The number of halogens is 3. The van der Waals surface area contributed by atoms with E-state index >= 15 is 0 Å². The van der Waals surface area contributed by atoms with Crippen molar-refractivity contribution in [2.75, 3.05) is 7.05 Å². The monoisotopic (exact) mass is 355 g/mol. The van der Waals surface area contributed by atoms with E-state index in [0.717, 1.165) is 28.1 Å². The molecule has 0 spiro atoms. The molecule has 0 amide bonds. The van der Waals surface area contributed by atoms with Crippen LogP contribution in [0, 0.1) is 12.7 Å². The predicted molar refractivity (Wildman–Crippen MR) is 85.8 cm³/mol. The molecular weight excluding hydrogens is 341 g/mol. The number of hydrogen-bond donors (Lipinski definition) is 1. The van der Waals surface area contributed by atoms with E-state index in [2.05, 4.69) is 21.2 Å². The van der Waals surface area contributed by atoms with Crippen molar-refractivity contribution >= 4 is 27.5 Å². The van der Waals surface area contributed by atoms with Gasteiger partial charge in [-0.3, -0.25) is 0 Å². The summed E-state index contributed by atoms with van der Waals surface area (Å²) in [6.45, 7) is 2.01. The van der Waals surface area contributed by atoms with Crippen LogP contribution in [-0.4, -0.2) is 7.05 Å². The first-order valence-electron chi connectivity index (χ1n) is 6.38. The molecule has 106 valence electrons. The van der Waals surface area contributed by atoms with E-state index in [4.69, 9.17) is 11.6 Å². The number of benzene rings is 2. The zero-order chi connectivity index (χ0) is 14.7. The van der Waals surface area contributed by atoms with Crippen molar-refractivity contribution in [1.29, 1.82) is 0 Å². The normalized spacial score (nSPS) is 12.4. The lowest BCUT2D eigenvalue weighted by atomic mass is 9.98. The van der Waals surface area contributed by atoms with Crippen LogP contribution in [0.1, 0.15) is 22.7 Å². The molecule has 1 nitrogen and oxygen atoms in total. The van der Waals surface area contributed by atoms with E-state index in [0.29, 0.717) is 4.47 Å². The molecule has 0 heterocycles. The molecule has 0 saturated heterocycles. The molecule has 20 heavy (non-hydrogen) atoms.